The normalized spacial score (nSPS) is 11.1. The van der Waals surface area contributed by atoms with Crippen LogP contribution < -0.4 is 5.73 Å². The molecule has 1 nitrogen and oxygen atoms in total. The van der Waals surface area contributed by atoms with E-state index in [1.54, 1.807) is 0 Å². The van der Waals surface area contributed by atoms with E-state index in [2.05, 4.69) is 43.3 Å². The number of nitrogen functional groups attached to an aromatic ring is 1. The van der Waals surface area contributed by atoms with Gasteiger partial charge in [0.1, 0.15) is 0 Å². The maximum Gasteiger partial charge on any atom is 0.0314 e. The van der Waals surface area contributed by atoms with Crippen LogP contribution in [0.4, 0.5) is 5.69 Å². The van der Waals surface area contributed by atoms with Crippen LogP contribution in [0.1, 0.15) is 107 Å². The van der Waals surface area contributed by atoms with Gasteiger partial charge in [0, 0.05) is 5.69 Å². The Morgan fingerprint density at radius 3 is 1.34 bits per heavy atom. The highest BCUT2D eigenvalue weighted by molar-refractivity contribution is 5.40. The van der Waals surface area contributed by atoms with Gasteiger partial charge in [-0.2, -0.15) is 0 Å². The first-order valence-electron chi connectivity index (χ1n) is 12.2. The molecule has 0 aliphatic rings. The highest BCUT2D eigenvalue weighted by Crippen LogP contribution is 2.16. The summed E-state index contributed by atoms with van der Waals surface area (Å²) in [5.74, 6) is 0. The largest absolute Gasteiger partial charge is 0.399 e. The molecule has 2 rings (SSSR count). The summed E-state index contributed by atoms with van der Waals surface area (Å²) in [6.07, 6.45) is 20.7. The number of hydrogen-bond acceptors (Lipinski definition) is 1. The van der Waals surface area contributed by atoms with Crippen molar-refractivity contribution >= 4 is 5.69 Å². The van der Waals surface area contributed by atoms with Crippen molar-refractivity contribution < 1.29 is 0 Å². The van der Waals surface area contributed by atoms with Crippen LogP contribution in [0.5, 0.6) is 0 Å². The predicted molar refractivity (Wildman–Crippen MR) is 130 cm³/mol. The first-order valence-corrected chi connectivity index (χ1v) is 12.2. The molecule has 0 saturated carbocycles. The lowest BCUT2D eigenvalue weighted by Gasteiger charge is -2.06. The monoisotopic (exact) mass is 393 g/mol. The number of benzene rings is 2. The van der Waals surface area contributed by atoms with Crippen LogP contribution in [0.25, 0.3) is 0 Å². The van der Waals surface area contributed by atoms with Crippen molar-refractivity contribution in [1.29, 1.82) is 0 Å². The molecule has 0 heterocycles. The van der Waals surface area contributed by atoms with Crippen LogP contribution in [0.3, 0.4) is 0 Å². The number of rotatable bonds is 16. The topological polar surface area (TPSA) is 26.0 Å². The molecule has 0 spiro atoms. The minimum absolute atomic E-state index is 0.835. The van der Waals surface area contributed by atoms with Crippen LogP contribution in [-0.4, -0.2) is 0 Å². The number of nitrogens with two attached hydrogens (primary N) is 1. The SMILES string of the molecule is CCCCCCCCCCCCCCCc1ccc(Cc2ccc(N)cc2)cc1. The zero-order chi connectivity index (χ0) is 20.6. The molecule has 0 amide bonds. The smallest absolute Gasteiger partial charge is 0.0314 e. The van der Waals surface area contributed by atoms with E-state index in [-0.39, 0.29) is 0 Å². The molecular formula is C28H43N. The molecular weight excluding hydrogens is 350 g/mol. The van der Waals surface area contributed by atoms with Crippen LogP contribution in [-0.2, 0) is 12.8 Å². The Bertz CT molecular complexity index is 626. The van der Waals surface area contributed by atoms with E-state index in [1.165, 1.54) is 107 Å². The molecule has 2 N–H and O–H groups in total. The summed E-state index contributed by atoms with van der Waals surface area (Å²) in [6.45, 7) is 2.29. The molecule has 29 heavy (non-hydrogen) atoms. The van der Waals surface area contributed by atoms with E-state index in [4.69, 9.17) is 5.73 Å². The summed E-state index contributed by atoms with van der Waals surface area (Å²) in [4.78, 5) is 0. The molecule has 0 saturated heterocycles. The van der Waals surface area contributed by atoms with Crippen LogP contribution in [0.2, 0.25) is 0 Å². The Balaban J connectivity index is 1.46. The van der Waals surface area contributed by atoms with E-state index in [1.807, 2.05) is 12.1 Å². The van der Waals surface area contributed by atoms with Crippen molar-refractivity contribution in [3.63, 3.8) is 0 Å². The van der Waals surface area contributed by atoms with Crippen LogP contribution in [0, 0.1) is 0 Å². The third-order valence-electron chi connectivity index (χ3n) is 5.98. The minimum atomic E-state index is 0.835. The summed E-state index contributed by atoms with van der Waals surface area (Å²) >= 11 is 0. The predicted octanol–water partition coefficient (Wildman–Crippen LogP) is 8.49. The van der Waals surface area contributed by atoms with Gasteiger partial charge in [0.2, 0.25) is 0 Å². The number of anilines is 1. The molecule has 1 heteroatoms. The second-order valence-electron chi connectivity index (χ2n) is 8.73. The second kappa shape index (κ2) is 15.1. The molecule has 0 aliphatic heterocycles. The molecule has 0 bridgehead atoms. The van der Waals surface area contributed by atoms with Crippen molar-refractivity contribution in [2.75, 3.05) is 5.73 Å². The second-order valence-corrected chi connectivity index (χ2v) is 8.73. The molecule has 2 aromatic carbocycles. The summed E-state index contributed by atoms with van der Waals surface area (Å²) < 4.78 is 0. The lowest BCUT2D eigenvalue weighted by molar-refractivity contribution is 0.539. The average Bonchev–Trinajstić information content (AvgIpc) is 2.74. The van der Waals surface area contributed by atoms with E-state index in [0.717, 1.165) is 12.1 Å². The fourth-order valence-electron chi connectivity index (χ4n) is 4.04. The van der Waals surface area contributed by atoms with Crippen molar-refractivity contribution in [3.05, 3.63) is 65.2 Å². The molecule has 0 aliphatic carbocycles. The Morgan fingerprint density at radius 2 is 0.862 bits per heavy atom. The third kappa shape index (κ3) is 11.1. The van der Waals surface area contributed by atoms with Gasteiger partial charge in [0.15, 0.2) is 0 Å². The van der Waals surface area contributed by atoms with Gasteiger partial charge in [0.25, 0.3) is 0 Å². The molecule has 0 atom stereocenters. The van der Waals surface area contributed by atoms with Gasteiger partial charge in [-0.3, -0.25) is 0 Å². The Hall–Kier alpha value is -1.76. The van der Waals surface area contributed by atoms with Gasteiger partial charge in [-0.25, -0.2) is 0 Å². The maximum atomic E-state index is 5.76. The lowest BCUT2D eigenvalue weighted by Crippen LogP contribution is -1.91. The van der Waals surface area contributed by atoms with Crippen molar-refractivity contribution in [3.8, 4) is 0 Å². The number of unbranched alkanes of at least 4 members (excludes halogenated alkanes) is 12. The Labute approximate surface area is 180 Å². The maximum absolute atomic E-state index is 5.76. The summed E-state index contributed by atoms with van der Waals surface area (Å²) in [6, 6.07) is 17.4. The van der Waals surface area contributed by atoms with Crippen molar-refractivity contribution in [1.82, 2.24) is 0 Å². The molecule has 0 fully saturated rings. The zero-order valence-electron chi connectivity index (χ0n) is 18.8. The third-order valence-corrected chi connectivity index (χ3v) is 5.98. The number of aryl methyl sites for hydroxylation is 1. The fourth-order valence-corrected chi connectivity index (χ4v) is 4.04. The van der Waals surface area contributed by atoms with Crippen molar-refractivity contribution in [2.24, 2.45) is 0 Å². The lowest BCUT2D eigenvalue weighted by atomic mass is 10.0. The highest BCUT2D eigenvalue weighted by atomic mass is 14.5. The molecule has 0 aromatic heterocycles. The van der Waals surface area contributed by atoms with Crippen LogP contribution >= 0.6 is 0 Å². The van der Waals surface area contributed by atoms with Crippen LogP contribution in [0.15, 0.2) is 48.5 Å². The van der Waals surface area contributed by atoms with Gasteiger partial charge < -0.3 is 5.73 Å². The molecule has 0 unspecified atom stereocenters. The quantitative estimate of drug-likeness (QED) is 0.224. The molecule has 2 aromatic rings. The van der Waals surface area contributed by atoms with Gasteiger partial charge >= 0.3 is 0 Å². The van der Waals surface area contributed by atoms with Gasteiger partial charge in [-0.15, -0.1) is 0 Å². The summed E-state index contributed by atoms with van der Waals surface area (Å²) in [7, 11) is 0. The first-order chi connectivity index (χ1) is 14.3. The van der Waals surface area contributed by atoms with Gasteiger partial charge in [-0.1, -0.05) is 120 Å². The fraction of sp³-hybridized carbons (Fsp3) is 0.571. The highest BCUT2D eigenvalue weighted by Gasteiger charge is 1.99. The van der Waals surface area contributed by atoms with E-state index in [9.17, 15) is 0 Å². The van der Waals surface area contributed by atoms with Gasteiger partial charge in [0.05, 0.1) is 0 Å². The number of hydrogen-bond donors (Lipinski definition) is 1. The van der Waals surface area contributed by atoms with E-state index >= 15 is 0 Å². The summed E-state index contributed by atoms with van der Waals surface area (Å²) in [5.41, 5.74) is 10.8. The Kier molecular flexibility index (Phi) is 12.3. The van der Waals surface area contributed by atoms with E-state index < -0.39 is 0 Å². The molecule has 0 radical (unpaired) electrons. The average molecular weight is 394 g/mol. The van der Waals surface area contributed by atoms with E-state index in [0.29, 0.717) is 0 Å². The first kappa shape index (κ1) is 23.5. The molecule has 160 valence electrons. The Morgan fingerprint density at radius 1 is 0.483 bits per heavy atom. The van der Waals surface area contributed by atoms with Gasteiger partial charge in [-0.05, 0) is 48.1 Å². The minimum Gasteiger partial charge on any atom is -0.399 e. The van der Waals surface area contributed by atoms with Crippen molar-refractivity contribution in [2.45, 2.75) is 103 Å². The zero-order valence-corrected chi connectivity index (χ0v) is 18.8. The standard InChI is InChI=1S/C28H43N/c1-2-3-4-5-6-7-8-9-10-11-12-13-14-15-25-16-18-26(19-17-25)24-27-20-22-28(29)23-21-27/h16-23H,2-15,24,29H2,1H3. The summed E-state index contributed by atoms with van der Waals surface area (Å²) in [5, 5.41) is 0.